The standard InChI is InChI=1S/C20H22O2/c1-21-19-11-7-17(8-12-19)15-3-5-16(6-4-15)18-9-13-20(22-2)14-10-18/h7-14H,3-6H2,1-2H3/q+1. The van der Waals surface area contributed by atoms with Crippen LogP contribution in [0.15, 0.2) is 59.7 Å². The summed E-state index contributed by atoms with van der Waals surface area (Å²) in [5.74, 6) is 3.40. The van der Waals surface area contributed by atoms with E-state index in [4.69, 9.17) is 9.16 Å². The van der Waals surface area contributed by atoms with E-state index in [0.29, 0.717) is 0 Å². The molecule has 2 heteroatoms. The van der Waals surface area contributed by atoms with E-state index >= 15 is 0 Å². The zero-order valence-corrected chi connectivity index (χ0v) is 13.3. The van der Waals surface area contributed by atoms with E-state index in [1.54, 1.807) is 25.7 Å². The van der Waals surface area contributed by atoms with Gasteiger partial charge in [0.1, 0.15) is 5.75 Å². The summed E-state index contributed by atoms with van der Waals surface area (Å²) in [6.45, 7) is 0. The second-order valence-corrected chi connectivity index (χ2v) is 5.66. The van der Waals surface area contributed by atoms with E-state index in [9.17, 15) is 0 Å². The highest BCUT2D eigenvalue weighted by Crippen LogP contribution is 2.37. The summed E-state index contributed by atoms with van der Waals surface area (Å²) >= 11 is 0. The van der Waals surface area contributed by atoms with Crippen LogP contribution in [0, 0.1) is 5.92 Å². The fraction of sp³-hybridized carbons (Fsp3) is 0.300. The number of hydrogen-bond donors (Lipinski definition) is 0. The predicted octanol–water partition coefficient (Wildman–Crippen LogP) is 4.35. The third kappa shape index (κ3) is 3.22. The molecule has 3 rings (SSSR count). The molecule has 1 saturated carbocycles. The molecule has 2 nitrogen and oxygen atoms in total. The van der Waals surface area contributed by atoms with Crippen LogP contribution in [-0.2, 0) is 4.42 Å². The third-order valence-corrected chi connectivity index (χ3v) is 4.45. The largest absolute Gasteiger partial charge is 0.497 e. The molecular weight excluding hydrogens is 272 g/mol. The first kappa shape index (κ1) is 14.8. The Kier molecular flexibility index (Phi) is 4.57. The minimum Gasteiger partial charge on any atom is -0.497 e. The van der Waals surface area contributed by atoms with Crippen molar-refractivity contribution in [2.75, 3.05) is 14.2 Å². The molecule has 0 heterocycles. The summed E-state index contributed by atoms with van der Waals surface area (Å²) < 4.78 is 10.5. The number of hydrogen-bond acceptors (Lipinski definition) is 1. The Balaban J connectivity index is 1.66. The van der Waals surface area contributed by atoms with Gasteiger partial charge in [-0.15, -0.1) is 0 Å². The van der Waals surface area contributed by atoms with Crippen LogP contribution in [-0.4, -0.2) is 20.0 Å². The molecule has 0 spiro atoms. The normalized spacial score (nSPS) is 18.7. The van der Waals surface area contributed by atoms with E-state index < -0.39 is 0 Å². The van der Waals surface area contributed by atoms with E-state index in [1.807, 2.05) is 24.3 Å². The lowest BCUT2D eigenvalue weighted by Gasteiger charge is -2.25. The molecule has 1 aromatic rings. The van der Waals surface area contributed by atoms with Crippen LogP contribution >= 0.6 is 0 Å². The lowest BCUT2D eigenvalue weighted by atomic mass is 9.79. The first-order chi connectivity index (χ1) is 10.8. The van der Waals surface area contributed by atoms with Crippen molar-refractivity contribution >= 4 is 5.78 Å². The van der Waals surface area contributed by atoms with Crippen molar-refractivity contribution in [3.05, 3.63) is 71.2 Å². The van der Waals surface area contributed by atoms with Crippen LogP contribution in [0.25, 0.3) is 0 Å². The molecule has 0 bridgehead atoms. The highest BCUT2D eigenvalue weighted by molar-refractivity contribution is 6.01. The van der Waals surface area contributed by atoms with E-state index in [2.05, 4.69) is 24.3 Å². The predicted molar refractivity (Wildman–Crippen MR) is 90.0 cm³/mol. The molecule has 0 amide bonds. The zero-order chi connectivity index (χ0) is 15.4. The second-order valence-electron chi connectivity index (χ2n) is 5.66. The number of allylic oxidation sites excluding steroid dienone is 6. The number of carbonyl (C=O) groups excluding carboxylic acids is 1. The quantitative estimate of drug-likeness (QED) is 0.743. The van der Waals surface area contributed by atoms with Gasteiger partial charge >= 0.3 is 5.78 Å². The maximum atomic E-state index is 5.23. The van der Waals surface area contributed by atoms with Gasteiger partial charge < -0.3 is 4.74 Å². The highest BCUT2D eigenvalue weighted by atomic mass is 16.5. The molecule has 2 aliphatic rings. The van der Waals surface area contributed by atoms with Crippen LogP contribution in [0.5, 0.6) is 5.75 Å². The van der Waals surface area contributed by atoms with Crippen LogP contribution in [0.2, 0.25) is 0 Å². The second kappa shape index (κ2) is 6.78. The maximum absolute atomic E-state index is 5.23. The Morgan fingerprint density at radius 3 is 2.05 bits per heavy atom. The SMILES string of the molecule is COc1ccc([C]2CCC(=C3C=CC(=[O+]C)C=C3)CC2)cc1. The van der Waals surface area contributed by atoms with Crippen molar-refractivity contribution in [1.82, 2.24) is 0 Å². The van der Waals surface area contributed by atoms with Crippen molar-refractivity contribution < 1.29 is 9.16 Å². The van der Waals surface area contributed by atoms with E-state index in [-0.39, 0.29) is 0 Å². The Morgan fingerprint density at radius 1 is 0.864 bits per heavy atom. The minimum atomic E-state index is 0.922. The summed E-state index contributed by atoms with van der Waals surface area (Å²) in [5.41, 5.74) is 4.27. The molecule has 1 fully saturated rings. The molecule has 1 aromatic carbocycles. The van der Waals surface area contributed by atoms with E-state index in [0.717, 1.165) is 37.2 Å². The van der Waals surface area contributed by atoms with Crippen LogP contribution in [0.3, 0.4) is 0 Å². The van der Waals surface area contributed by atoms with Crippen molar-refractivity contribution in [2.24, 2.45) is 0 Å². The van der Waals surface area contributed by atoms with Gasteiger partial charge in [-0.3, -0.25) is 4.42 Å². The molecule has 113 valence electrons. The lowest BCUT2D eigenvalue weighted by Crippen LogP contribution is -2.09. The van der Waals surface area contributed by atoms with Gasteiger partial charge in [-0.1, -0.05) is 17.7 Å². The molecule has 0 atom stereocenters. The molecule has 2 aliphatic carbocycles. The topological polar surface area (TPSA) is 20.5 Å². The minimum absolute atomic E-state index is 0.922. The molecule has 0 N–H and O–H groups in total. The molecule has 0 aliphatic heterocycles. The Hall–Kier alpha value is -2.09. The summed E-state index contributed by atoms with van der Waals surface area (Å²) in [6, 6.07) is 8.44. The molecule has 1 radical (unpaired) electrons. The van der Waals surface area contributed by atoms with E-state index in [1.165, 1.54) is 11.1 Å². The fourth-order valence-electron chi connectivity index (χ4n) is 3.08. The summed E-state index contributed by atoms with van der Waals surface area (Å²) in [5, 5.41) is 0. The average Bonchev–Trinajstić information content (AvgIpc) is 2.62. The van der Waals surface area contributed by atoms with Gasteiger partial charge in [0.05, 0.1) is 7.11 Å². The Bertz CT molecular complexity index is 617. The average molecular weight is 294 g/mol. The van der Waals surface area contributed by atoms with Gasteiger partial charge in [-0.25, -0.2) is 0 Å². The summed E-state index contributed by atoms with van der Waals surface area (Å²) in [7, 11) is 3.41. The molecular formula is C20H22O2+. The van der Waals surface area contributed by atoms with Crippen molar-refractivity contribution in [1.29, 1.82) is 0 Å². The lowest BCUT2D eigenvalue weighted by molar-refractivity contribution is -0.417. The monoisotopic (exact) mass is 294 g/mol. The number of rotatable bonds is 2. The Morgan fingerprint density at radius 2 is 1.50 bits per heavy atom. The first-order valence-corrected chi connectivity index (χ1v) is 7.78. The van der Waals surface area contributed by atoms with Gasteiger partial charge in [0.15, 0.2) is 0 Å². The third-order valence-electron chi connectivity index (χ3n) is 4.45. The Labute approximate surface area is 132 Å². The first-order valence-electron chi connectivity index (χ1n) is 7.78. The van der Waals surface area contributed by atoms with Gasteiger partial charge in [-0.2, -0.15) is 0 Å². The molecule has 0 saturated heterocycles. The van der Waals surface area contributed by atoms with Crippen LogP contribution in [0.4, 0.5) is 0 Å². The number of methoxy groups -OCH3 is 1. The van der Waals surface area contributed by atoms with Gasteiger partial charge in [0.2, 0.25) is 0 Å². The van der Waals surface area contributed by atoms with Crippen molar-refractivity contribution in [2.45, 2.75) is 25.7 Å². The summed E-state index contributed by atoms with van der Waals surface area (Å²) in [4.78, 5) is 0. The van der Waals surface area contributed by atoms with Gasteiger partial charge in [0, 0.05) is 18.1 Å². The molecule has 0 aromatic heterocycles. The smallest absolute Gasteiger partial charge is 0.343 e. The number of ether oxygens (including phenoxy) is 1. The van der Waals surface area contributed by atoms with Gasteiger partial charge in [-0.05, 0) is 61.1 Å². The van der Waals surface area contributed by atoms with Crippen molar-refractivity contribution in [3.8, 4) is 5.75 Å². The molecule has 0 unspecified atom stereocenters. The van der Waals surface area contributed by atoms with Crippen LogP contribution < -0.4 is 4.74 Å². The highest BCUT2D eigenvalue weighted by Gasteiger charge is 2.21. The zero-order valence-electron chi connectivity index (χ0n) is 13.3. The van der Waals surface area contributed by atoms with Gasteiger partial charge in [0.25, 0.3) is 7.11 Å². The maximum Gasteiger partial charge on any atom is 0.343 e. The van der Waals surface area contributed by atoms with Crippen molar-refractivity contribution in [3.63, 3.8) is 0 Å². The number of benzene rings is 1. The van der Waals surface area contributed by atoms with Crippen LogP contribution in [0.1, 0.15) is 31.2 Å². The number of ketones is 1. The fourth-order valence-corrected chi connectivity index (χ4v) is 3.08. The summed E-state index contributed by atoms with van der Waals surface area (Å²) in [6.07, 6.45) is 13.0. The molecule has 22 heavy (non-hydrogen) atoms.